The molecule has 0 fully saturated rings. The van der Waals surface area contributed by atoms with Crippen LogP contribution >= 0.6 is 27.5 Å². The van der Waals surface area contributed by atoms with Crippen molar-refractivity contribution in [2.24, 2.45) is 5.84 Å². The van der Waals surface area contributed by atoms with Gasteiger partial charge in [0, 0.05) is 17.8 Å². The number of hydrogen-bond donors (Lipinski definition) is 2. The zero-order chi connectivity index (χ0) is 19.7. The standard InChI is InChI=1S/C21H28BrClN2O2/c1-21(2,16-5-8-18(9-6-16)26-14-4-12-25-24)17-7-10-20(19(22)15-17)27-13-3-11-23/h5-10,15,25H,3-4,11-14,24H2,1-2H3. The summed E-state index contributed by atoms with van der Waals surface area (Å²) >= 11 is 9.33. The molecule has 0 atom stereocenters. The predicted octanol–water partition coefficient (Wildman–Crippen LogP) is 5.01. The molecule has 0 amide bonds. The number of hydrogen-bond acceptors (Lipinski definition) is 4. The quantitative estimate of drug-likeness (QED) is 0.216. The number of nitrogens with two attached hydrogens (primary N) is 1. The fraction of sp³-hybridized carbons (Fsp3) is 0.429. The van der Waals surface area contributed by atoms with Crippen molar-refractivity contribution in [2.45, 2.75) is 32.1 Å². The fourth-order valence-corrected chi connectivity index (χ4v) is 3.34. The highest BCUT2D eigenvalue weighted by Gasteiger charge is 2.24. The molecule has 2 aromatic rings. The Bertz CT molecular complexity index is 708. The average Bonchev–Trinajstić information content (AvgIpc) is 2.67. The Kier molecular flexibility index (Phi) is 8.90. The molecule has 6 heteroatoms. The van der Waals surface area contributed by atoms with E-state index < -0.39 is 0 Å². The van der Waals surface area contributed by atoms with Crippen LogP contribution in [0.15, 0.2) is 46.9 Å². The van der Waals surface area contributed by atoms with Crippen LogP contribution in [-0.2, 0) is 5.41 Å². The van der Waals surface area contributed by atoms with E-state index in [2.05, 4.69) is 59.5 Å². The van der Waals surface area contributed by atoms with Crippen molar-refractivity contribution in [3.8, 4) is 11.5 Å². The second-order valence-electron chi connectivity index (χ2n) is 6.84. The Morgan fingerprint density at radius 3 is 2.30 bits per heavy atom. The van der Waals surface area contributed by atoms with Crippen LogP contribution in [0.4, 0.5) is 0 Å². The Balaban J connectivity index is 2.07. The first kappa shape index (κ1) is 22.0. The summed E-state index contributed by atoms with van der Waals surface area (Å²) in [7, 11) is 0. The molecule has 0 unspecified atom stereocenters. The molecule has 27 heavy (non-hydrogen) atoms. The Morgan fingerprint density at radius 2 is 1.67 bits per heavy atom. The van der Waals surface area contributed by atoms with E-state index in [1.165, 1.54) is 11.1 Å². The molecule has 0 saturated heterocycles. The molecule has 0 heterocycles. The number of nitrogens with one attached hydrogen (secondary N) is 1. The molecule has 2 aromatic carbocycles. The summed E-state index contributed by atoms with van der Waals surface area (Å²) < 4.78 is 12.4. The van der Waals surface area contributed by atoms with Gasteiger partial charge in [-0.15, -0.1) is 11.6 Å². The number of halogens is 2. The molecule has 0 spiro atoms. The topological polar surface area (TPSA) is 56.5 Å². The van der Waals surface area contributed by atoms with Crippen molar-refractivity contribution < 1.29 is 9.47 Å². The minimum absolute atomic E-state index is 0.140. The van der Waals surface area contributed by atoms with Crippen molar-refractivity contribution in [3.63, 3.8) is 0 Å². The van der Waals surface area contributed by atoms with Crippen LogP contribution < -0.4 is 20.7 Å². The highest BCUT2D eigenvalue weighted by molar-refractivity contribution is 9.10. The maximum absolute atomic E-state index is 5.76. The van der Waals surface area contributed by atoms with Gasteiger partial charge in [-0.2, -0.15) is 0 Å². The van der Waals surface area contributed by atoms with E-state index >= 15 is 0 Å². The number of rotatable bonds is 11. The first-order valence-electron chi connectivity index (χ1n) is 9.14. The SMILES string of the molecule is CC(C)(c1ccc(OCCCNN)cc1)c1ccc(OCCCCl)c(Br)c1. The summed E-state index contributed by atoms with van der Waals surface area (Å²) in [6.07, 6.45) is 1.70. The molecule has 4 nitrogen and oxygen atoms in total. The molecule has 148 valence electrons. The molecule has 0 aliphatic heterocycles. The van der Waals surface area contributed by atoms with Crippen molar-refractivity contribution in [1.29, 1.82) is 0 Å². The highest BCUT2D eigenvalue weighted by atomic mass is 79.9. The molecule has 0 bridgehead atoms. The van der Waals surface area contributed by atoms with E-state index in [4.69, 9.17) is 26.9 Å². The number of benzene rings is 2. The lowest BCUT2D eigenvalue weighted by molar-refractivity contribution is 0.308. The maximum atomic E-state index is 5.76. The monoisotopic (exact) mass is 454 g/mol. The first-order chi connectivity index (χ1) is 13.0. The van der Waals surface area contributed by atoms with E-state index in [0.717, 1.165) is 35.4 Å². The van der Waals surface area contributed by atoms with E-state index in [1.807, 2.05) is 18.2 Å². The van der Waals surface area contributed by atoms with Gasteiger partial charge in [0.1, 0.15) is 11.5 Å². The minimum Gasteiger partial charge on any atom is -0.494 e. The minimum atomic E-state index is -0.140. The van der Waals surface area contributed by atoms with Crippen LogP contribution in [0.25, 0.3) is 0 Å². The van der Waals surface area contributed by atoms with Crippen molar-refractivity contribution in [1.82, 2.24) is 5.43 Å². The van der Waals surface area contributed by atoms with Crippen LogP contribution in [-0.4, -0.2) is 25.6 Å². The first-order valence-corrected chi connectivity index (χ1v) is 10.5. The third-order valence-electron chi connectivity index (χ3n) is 4.50. The third kappa shape index (κ3) is 6.39. The van der Waals surface area contributed by atoms with Gasteiger partial charge in [0.15, 0.2) is 0 Å². The van der Waals surface area contributed by atoms with Gasteiger partial charge in [0.25, 0.3) is 0 Å². The lowest BCUT2D eigenvalue weighted by Gasteiger charge is -2.27. The van der Waals surface area contributed by atoms with Crippen LogP contribution in [0.5, 0.6) is 11.5 Å². The zero-order valence-electron chi connectivity index (χ0n) is 15.9. The normalized spacial score (nSPS) is 11.4. The Morgan fingerprint density at radius 1 is 1.00 bits per heavy atom. The highest BCUT2D eigenvalue weighted by Crippen LogP contribution is 2.36. The predicted molar refractivity (Wildman–Crippen MR) is 116 cm³/mol. The molecular formula is C21H28BrClN2O2. The van der Waals surface area contributed by atoms with Crippen LogP contribution in [0.3, 0.4) is 0 Å². The fourth-order valence-electron chi connectivity index (χ4n) is 2.74. The molecule has 2 rings (SSSR count). The van der Waals surface area contributed by atoms with Gasteiger partial charge >= 0.3 is 0 Å². The molecule has 0 radical (unpaired) electrons. The van der Waals surface area contributed by atoms with Crippen molar-refractivity contribution in [3.05, 3.63) is 58.1 Å². The van der Waals surface area contributed by atoms with Crippen molar-refractivity contribution in [2.75, 3.05) is 25.6 Å². The van der Waals surface area contributed by atoms with Crippen LogP contribution in [0.1, 0.15) is 37.8 Å². The van der Waals surface area contributed by atoms with E-state index in [9.17, 15) is 0 Å². The number of ether oxygens (including phenoxy) is 2. The van der Waals surface area contributed by atoms with Gasteiger partial charge in [0.05, 0.1) is 17.7 Å². The maximum Gasteiger partial charge on any atom is 0.133 e. The van der Waals surface area contributed by atoms with Crippen LogP contribution in [0.2, 0.25) is 0 Å². The lowest BCUT2D eigenvalue weighted by Crippen LogP contribution is -2.24. The summed E-state index contributed by atoms with van der Waals surface area (Å²) in [6.45, 7) is 6.43. The van der Waals surface area contributed by atoms with E-state index in [-0.39, 0.29) is 5.41 Å². The van der Waals surface area contributed by atoms with Gasteiger partial charge in [-0.3, -0.25) is 11.3 Å². The van der Waals surface area contributed by atoms with Gasteiger partial charge in [-0.25, -0.2) is 0 Å². The average molecular weight is 456 g/mol. The summed E-state index contributed by atoms with van der Waals surface area (Å²) in [5.41, 5.74) is 4.92. The third-order valence-corrected chi connectivity index (χ3v) is 5.39. The summed E-state index contributed by atoms with van der Waals surface area (Å²) in [6, 6.07) is 14.5. The molecule has 3 N–H and O–H groups in total. The zero-order valence-corrected chi connectivity index (χ0v) is 18.3. The van der Waals surface area contributed by atoms with Gasteiger partial charge in [-0.1, -0.05) is 32.0 Å². The molecule has 0 aromatic heterocycles. The smallest absolute Gasteiger partial charge is 0.133 e. The summed E-state index contributed by atoms with van der Waals surface area (Å²) in [5, 5.41) is 0. The van der Waals surface area contributed by atoms with Crippen molar-refractivity contribution >= 4 is 27.5 Å². The second kappa shape index (κ2) is 10.9. The number of hydrazine groups is 1. The molecule has 0 aliphatic rings. The van der Waals surface area contributed by atoms with Gasteiger partial charge < -0.3 is 9.47 Å². The lowest BCUT2D eigenvalue weighted by atomic mass is 9.78. The van der Waals surface area contributed by atoms with Gasteiger partial charge in [0.2, 0.25) is 0 Å². The molecule has 0 saturated carbocycles. The Hall–Kier alpha value is -1.27. The van der Waals surface area contributed by atoms with E-state index in [1.54, 1.807) is 0 Å². The summed E-state index contributed by atoms with van der Waals surface area (Å²) in [5.74, 6) is 7.58. The largest absolute Gasteiger partial charge is 0.494 e. The molecular weight excluding hydrogens is 428 g/mol. The summed E-state index contributed by atoms with van der Waals surface area (Å²) in [4.78, 5) is 0. The molecule has 0 aliphatic carbocycles. The Labute approximate surface area is 175 Å². The van der Waals surface area contributed by atoms with Gasteiger partial charge in [-0.05, 0) is 64.2 Å². The number of alkyl halides is 1. The van der Waals surface area contributed by atoms with Crippen LogP contribution in [0, 0.1) is 0 Å². The second-order valence-corrected chi connectivity index (χ2v) is 8.07. The van der Waals surface area contributed by atoms with E-state index in [0.29, 0.717) is 19.1 Å².